The Morgan fingerprint density at radius 2 is 2.33 bits per heavy atom. The van der Waals surface area contributed by atoms with Crippen molar-refractivity contribution in [2.75, 3.05) is 5.32 Å². The number of anilines is 1. The van der Waals surface area contributed by atoms with Crippen molar-refractivity contribution >= 4 is 21.7 Å². The van der Waals surface area contributed by atoms with Crippen molar-refractivity contribution in [1.82, 2.24) is 20.4 Å². The number of nitrogens with zero attached hydrogens (tertiary/aromatic N) is 3. The van der Waals surface area contributed by atoms with Crippen LogP contribution in [0.5, 0.6) is 0 Å². The fourth-order valence-corrected chi connectivity index (χ4v) is 1.33. The molecular weight excluding hydrogens is 265 g/mol. The number of pyridine rings is 1. The highest BCUT2D eigenvalue weighted by atomic mass is 79.9. The van der Waals surface area contributed by atoms with Crippen molar-refractivity contribution in [2.24, 2.45) is 0 Å². The Kier molecular flexibility index (Phi) is 2.91. The van der Waals surface area contributed by atoms with Gasteiger partial charge in [-0.2, -0.15) is 15.4 Å². The lowest BCUT2D eigenvalue weighted by molar-refractivity contribution is 0.623. The predicted molar refractivity (Wildman–Crippen MR) is 55.6 cm³/mol. The molecule has 0 aliphatic carbocycles. The van der Waals surface area contributed by atoms with E-state index in [0.717, 1.165) is 0 Å². The van der Waals surface area contributed by atoms with Gasteiger partial charge >= 0.3 is 0 Å². The predicted octanol–water partition coefficient (Wildman–Crippen LogP) is 1.71. The van der Waals surface area contributed by atoms with Gasteiger partial charge in [-0.15, -0.1) is 0 Å². The van der Waals surface area contributed by atoms with Crippen LogP contribution < -0.4 is 5.32 Å². The van der Waals surface area contributed by atoms with Gasteiger partial charge < -0.3 is 5.32 Å². The van der Waals surface area contributed by atoms with Gasteiger partial charge in [0.1, 0.15) is 5.69 Å². The van der Waals surface area contributed by atoms with Crippen molar-refractivity contribution in [1.29, 1.82) is 0 Å². The Bertz CT molecular complexity index is 444. The minimum Gasteiger partial charge on any atom is -0.362 e. The standard InChI is InChI=1S/C8H7BrFN5/c9-5-1-7(10)8(11-2-5)12-3-6-4-13-15-14-6/h1-2,4H,3H2,(H,11,12)(H,13,14,15). The third-order valence-corrected chi connectivity index (χ3v) is 2.14. The summed E-state index contributed by atoms with van der Waals surface area (Å²) in [6, 6.07) is 1.35. The summed E-state index contributed by atoms with van der Waals surface area (Å²) in [5.74, 6) is -0.214. The normalized spacial score (nSPS) is 10.3. The average Bonchev–Trinajstić information content (AvgIpc) is 2.69. The zero-order valence-electron chi connectivity index (χ0n) is 7.54. The van der Waals surface area contributed by atoms with E-state index in [-0.39, 0.29) is 5.82 Å². The maximum atomic E-state index is 13.3. The SMILES string of the molecule is Fc1cc(Br)cnc1NCc1cn[nH]n1. The fourth-order valence-electron chi connectivity index (χ4n) is 1.03. The fraction of sp³-hybridized carbons (Fsp3) is 0.125. The average molecular weight is 272 g/mol. The number of rotatable bonds is 3. The Morgan fingerprint density at radius 1 is 1.47 bits per heavy atom. The van der Waals surface area contributed by atoms with E-state index in [1.807, 2.05) is 0 Å². The Hall–Kier alpha value is -1.50. The van der Waals surface area contributed by atoms with Crippen LogP contribution in [0.25, 0.3) is 0 Å². The van der Waals surface area contributed by atoms with Crippen LogP contribution in [0.2, 0.25) is 0 Å². The first-order valence-corrected chi connectivity index (χ1v) is 4.94. The van der Waals surface area contributed by atoms with Gasteiger partial charge in [0.2, 0.25) is 0 Å². The third kappa shape index (κ3) is 2.50. The van der Waals surface area contributed by atoms with Gasteiger partial charge in [-0.1, -0.05) is 0 Å². The molecule has 2 N–H and O–H groups in total. The topological polar surface area (TPSA) is 66.5 Å². The van der Waals surface area contributed by atoms with E-state index in [2.05, 4.69) is 41.6 Å². The van der Waals surface area contributed by atoms with E-state index in [4.69, 9.17) is 0 Å². The minimum absolute atomic E-state index is 0.196. The van der Waals surface area contributed by atoms with Crippen LogP contribution in [0.1, 0.15) is 5.69 Å². The van der Waals surface area contributed by atoms with Crippen LogP contribution in [0.4, 0.5) is 10.2 Å². The second kappa shape index (κ2) is 4.35. The van der Waals surface area contributed by atoms with E-state index in [1.54, 1.807) is 6.20 Å². The minimum atomic E-state index is -0.409. The van der Waals surface area contributed by atoms with Gasteiger partial charge in [0.05, 0.1) is 12.7 Å². The molecule has 2 rings (SSSR count). The first-order chi connectivity index (χ1) is 7.25. The van der Waals surface area contributed by atoms with E-state index in [1.165, 1.54) is 12.3 Å². The molecular formula is C8H7BrFN5. The van der Waals surface area contributed by atoms with Crippen LogP contribution in [-0.2, 0) is 6.54 Å². The number of H-pyrrole nitrogens is 1. The number of nitrogens with one attached hydrogen (secondary N) is 2. The lowest BCUT2D eigenvalue weighted by atomic mass is 10.4. The first-order valence-electron chi connectivity index (χ1n) is 4.15. The monoisotopic (exact) mass is 271 g/mol. The zero-order chi connectivity index (χ0) is 10.7. The molecule has 0 aliphatic rings. The largest absolute Gasteiger partial charge is 0.362 e. The number of hydrogen-bond acceptors (Lipinski definition) is 4. The van der Waals surface area contributed by atoms with E-state index >= 15 is 0 Å². The molecule has 0 saturated carbocycles. The summed E-state index contributed by atoms with van der Waals surface area (Å²) in [5, 5.41) is 12.7. The highest BCUT2D eigenvalue weighted by molar-refractivity contribution is 9.10. The highest BCUT2D eigenvalue weighted by Gasteiger charge is 2.04. The Balaban J connectivity index is 2.05. The van der Waals surface area contributed by atoms with Crippen LogP contribution in [0.3, 0.4) is 0 Å². The number of hydrogen-bond donors (Lipinski definition) is 2. The number of halogens is 2. The molecule has 7 heteroatoms. The maximum absolute atomic E-state index is 13.3. The van der Waals surface area contributed by atoms with Crippen LogP contribution in [0, 0.1) is 5.82 Å². The third-order valence-electron chi connectivity index (χ3n) is 1.71. The van der Waals surface area contributed by atoms with Crippen molar-refractivity contribution in [3.8, 4) is 0 Å². The maximum Gasteiger partial charge on any atom is 0.166 e. The van der Waals surface area contributed by atoms with Gasteiger partial charge in [-0.3, -0.25) is 0 Å². The van der Waals surface area contributed by atoms with Crippen molar-refractivity contribution in [3.05, 3.63) is 34.4 Å². The number of aromatic nitrogens is 4. The summed E-state index contributed by atoms with van der Waals surface area (Å²) in [5.41, 5.74) is 0.694. The molecule has 0 radical (unpaired) electrons. The quantitative estimate of drug-likeness (QED) is 0.892. The lowest BCUT2D eigenvalue weighted by Gasteiger charge is -2.03. The van der Waals surface area contributed by atoms with Crippen molar-refractivity contribution in [3.63, 3.8) is 0 Å². The van der Waals surface area contributed by atoms with Crippen molar-refractivity contribution in [2.45, 2.75) is 6.54 Å². The summed E-state index contributed by atoms with van der Waals surface area (Å²) in [7, 11) is 0. The van der Waals surface area contributed by atoms with Gasteiger partial charge in [0.15, 0.2) is 11.6 Å². The zero-order valence-corrected chi connectivity index (χ0v) is 9.12. The summed E-state index contributed by atoms with van der Waals surface area (Å²) in [4.78, 5) is 3.89. The molecule has 15 heavy (non-hydrogen) atoms. The summed E-state index contributed by atoms with van der Waals surface area (Å²) in [6.45, 7) is 0.377. The highest BCUT2D eigenvalue weighted by Crippen LogP contribution is 2.16. The molecule has 0 aromatic carbocycles. The molecule has 2 aromatic rings. The number of aromatic amines is 1. The summed E-state index contributed by atoms with van der Waals surface area (Å²) < 4.78 is 13.9. The van der Waals surface area contributed by atoms with Crippen LogP contribution in [-0.4, -0.2) is 20.4 Å². The van der Waals surface area contributed by atoms with Gasteiger partial charge in [-0.25, -0.2) is 9.37 Å². The van der Waals surface area contributed by atoms with Crippen molar-refractivity contribution < 1.29 is 4.39 Å². The smallest absolute Gasteiger partial charge is 0.166 e. The van der Waals surface area contributed by atoms with E-state index in [9.17, 15) is 4.39 Å². The van der Waals surface area contributed by atoms with Gasteiger partial charge in [-0.05, 0) is 22.0 Å². The van der Waals surface area contributed by atoms with Crippen LogP contribution >= 0.6 is 15.9 Å². The summed E-state index contributed by atoms with van der Waals surface area (Å²) >= 11 is 3.13. The van der Waals surface area contributed by atoms with Crippen LogP contribution in [0.15, 0.2) is 22.9 Å². The molecule has 0 atom stereocenters. The molecule has 5 nitrogen and oxygen atoms in total. The second-order valence-electron chi connectivity index (χ2n) is 2.80. The second-order valence-corrected chi connectivity index (χ2v) is 3.71. The van der Waals surface area contributed by atoms with Gasteiger partial charge in [0.25, 0.3) is 0 Å². The molecule has 2 aromatic heterocycles. The molecule has 0 fully saturated rings. The van der Waals surface area contributed by atoms with E-state index < -0.39 is 5.82 Å². The molecule has 0 spiro atoms. The molecule has 78 valence electrons. The summed E-state index contributed by atoms with van der Waals surface area (Å²) in [6.07, 6.45) is 3.08. The molecule has 0 unspecified atom stereocenters. The molecule has 0 bridgehead atoms. The Morgan fingerprint density at radius 3 is 3.00 bits per heavy atom. The molecule has 0 saturated heterocycles. The molecule has 0 aliphatic heterocycles. The molecule has 0 amide bonds. The first kappa shape index (κ1) is 10.0. The molecule has 2 heterocycles. The lowest BCUT2D eigenvalue weighted by Crippen LogP contribution is -2.03. The van der Waals surface area contributed by atoms with E-state index in [0.29, 0.717) is 16.7 Å². The van der Waals surface area contributed by atoms with Gasteiger partial charge in [0, 0.05) is 10.7 Å². The Labute approximate surface area is 93.2 Å².